The maximum absolute atomic E-state index is 11.0. The van der Waals surface area contributed by atoms with Crippen LogP contribution in [0.2, 0.25) is 0 Å². The quantitative estimate of drug-likeness (QED) is 0.268. The summed E-state index contributed by atoms with van der Waals surface area (Å²) < 4.78 is 0. The topological polar surface area (TPSA) is 92.1 Å². The van der Waals surface area contributed by atoms with Crippen LogP contribution in [-0.2, 0) is 4.79 Å². The minimum atomic E-state index is -1.47. The van der Waals surface area contributed by atoms with Gasteiger partial charge >= 0.3 is 0 Å². The van der Waals surface area contributed by atoms with Gasteiger partial charge in [-0.25, -0.2) is 0 Å². The number of dihydropyridines is 1. The molecule has 4 heterocycles. The number of carboxylic acids is 1. The van der Waals surface area contributed by atoms with Crippen LogP contribution < -0.4 is 15.3 Å². The highest BCUT2D eigenvalue weighted by atomic mass is 32.1. The molecule has 0 saturated carbocycles. The van der Waals surface area contributed by atoms with Crippen molar-refractivity contribution in [3.8, 4) is 26.3 Å². The van der Waals surface area contributed by atoms with E-state index in [1.807, 2.05) is 30.5 Å². The summed E-state index contributed by atoms with van der Waals surface area (Å²) in [6, 6.07) is 22.0. The molecule has 0 fully saturated rings. The van der Waals surface area contributed by atoms with Gasteiger partial charge in [-0.1, -0.05) is 12.1 Å². The number of aliphatic carboxylic acids is 1. The normalized spacial score (nSPS) is 13.0. The lowest BCUT2D eigenvalue weighted by Gasteiger charge is -2.27. The summed E-state index contributed by atoms with van der Waals surface area (Å²) in [4.78, 5) is 21.3. The molecule has 0 aliphatic carbocycles. The highest BCUT2D eigenvalue weighted by Gasteiger charge is 2.15. The average Bonchev–Trinajstić information content (AvgIpc) is 3.59. The Kier molecular flexibility index (Phi) is 6.76. The van der Waals surface area contributed by atoms with Crippen LogP contribution in [0, 0.1) is 11.3 Å². The van der Waals surface area contributed by atoms with Crippen molar-refractivity contribution >= 4 is 46.1 Å². The Labute approximate surface area is 216 Å². The van der Waals surface area contributed by atoms with E-state index in [2.05, 4.69) is 63.8 Å². The van der Waals surface area contributed by atoms with Crippen molar-refractivity contribution in [3.05, 3.63) is 108 Å². The Morgan fingerprint density at radius 2 is 1.67 bits per heavy atom. The van der Waals surface area contributed by atoms with Crippen molar-refractivity contribution in [1.82, 2.24) is 10.3 Å². The van der Waals surface area contributed by atoms with Crippen LogP contribution in [0.15, 0.2) is 103 Å². The number of carbonyl (C=O) groups is 1. The van der Waals surface area contributed by atoms with Crippen molar-refractivity contribution in [2.45, 2.75) is 0 Å². The van der Waals surface area contributed by atoms with E-state index in [0.29, 0.717) is 4.88 Å². The molecule has 0 radical (unpaired) electrons. The van der Waals surface area contributed by atoms with Crippen LogP contribution in [-0.4, -0.2) is 17.5 Å². The molecule has 36 heavy (non-hydrogen) atoms. The molecule has 5 rings (SSSR count). The van der Waals surface area contributed by atoms with Gasteiger partial charge in [-0.2, -0.15) is 5.26 Å². The standard InChI is InChI=1S/C28H20N4O2S2/c29-18-20(28(33)34)17-24-5-6-26(35-24)27-8-7-25(36-27)19-1-3-21(4-2-19)32(22-9-13-30-14-10-22)23-11-15-31-16-12-23/h1-15,17,31H,16H2,(H,33,34)/p-1/b20-17+. The van der Waals surface area contributed by atoms with Crippen molar-refractivity contribution in [1.29, 1.82) is 5.26 Å². The van der Waals surface area contributed by atoms with Gasteiger partial charge in [-0.15, -0.1) is 22.7 Å². The Bertz CT molecular complexity index is 1520. The van der Waals surface area contributed by atoms with Gasteiger partial charge in [0.05, 0.1) is 11.5 Å². The van der Waals surface area contributed by atoms with Crippen molar-refractivity contribution in [3.63, 3.8) is 0 Å². The smallest absolute Gasteiger partial charge is 0.101 e. The zero-order valence-corrected chi connectivity index (χ0v) is 20.6. The first-order valence-electron chi connectivity index (χ1n) is 11.1. The molecule has 0 saturated heterocycles. The molecule has 176 valence electrons. The van der Waals surface area contributed by atoms with Crippen molar-refractivity contribution in [2.75, 3.05) is 11.4 Å². The third-order valence-corrected chi connectivity index (χ3v) is 7.86. The first-order valence-corrected chi connectivity index (χ1v) is 12.7. The van der Waals surface area contributed by atoms with Crippen LogP contribution in [0.4, 0.5) is 11.4 Å². The molecule has 0 unspecified atom stereocenters. The molecular weight excluding hydrogens is 488 g/mol. The fourth-order valence-electron chi connectivity index (χ4n) is 3.79. The second-order valence-electron chi connectivity index (χ2n) is 7.78. The number of benzene rings is 1. The number of rotatable bonds is 7. The summed E-state index contributed by atoms with van der Waals surface area (Å²) in [5, 5.41) is 23.2. The molecule has 0 atom stereocenters. The number of pyridine rings is 1. The number of thiophene rings is 2. The first kappa shape index (κ1) is 23.3. The van der Waals surface area contributed by atoms with Gasteiger partial charge < -0.3 is 20.1 Å². The Balaban J connectivity index is 1.40. The lowest BCUT2D eigenvalue weighted by Crippen LogP contribution is -2.23. The van der Waals surface area contributed by atoms with Crippen molar-refractivity contribution in [2.24, 2.45) is 0 Å². The van der Waals surface area contributed by atoms with Gasteiger partial charge in [0.1, 0.15) is 6.07 Å². The molecular formula is C28H19N4O2S2-. The fourth-order valence-corrected chi connectivity index (χ4v) is 5.85. The van der Waals surface area contributed by atoms with Gasteiger partial charge in [0.2, 0.25) is 0 Å². The van der Waals surface area contributed by atoms with Gasteiger partial charge in [-0.05, 0) is 78.5 Å². The van der Waals surface area contributed by atoms with E-state index in [-0.39, 0.29) is 5.57 Å². The van der Waals surface area contributed by atoms with Crippen LogP contribution in [0.5, 0.6) is 0 Å². The predicted molar refractivity (Wildman–Crippen MR) is 143 cm³/mol. The minimum absolute atomic E-state index is 0.382. The summed E-state index contributed by atoms with van der Waals surface area (Å²) in [5.41, 5.74) is 3.91. The van der Waals surface area contributed by atoms with Gasteiger partial charge in [0, 0.05) is 55.5 Å². The molecule has 3 aromatic heterocycles. The van der Waals surface area contributed by atoms with Gasteiger partial charge in [0.25, 0.3) is 0 Å². The molecule has 1 aliphatic rings. The number of hydrogen-bond donors (Lipinski definition) is 1. The number of nitriles is 1. The maximum Gasteiger partial charge on any atom is 0.101 e. The monoisotopic (exact) mass is 507 g/mol. The highest BCUT2D eigenvalue weighted by molar-refractivity contribution is 7.24. The van der Waals surface area contributed by atoms with Crippen LogP contribution >= 0.6 is 22.7 Å². The van der Waals surface area contributed by atoms with E-state index in [4.69, 9.17) is 5.26 Å². The SMILES string of the molecule is N#C/C(=C\c1ccc(-c2ccc(-c3ccc(N(C4=CCNC=C4)c4ccncc4)cc3)s2)s1)C(=O)[O-]. The number of nitrogens with one attached hydrogen (secondary N) is 1. The molecule has 0 bridgehead atoms. The number of carbonyl (C=O) groups excluding carboxylic acids is 1. The second-order valence-corrected chi connectivity index (χ2v) is 9.98. The predicted octanol–water partition coefficient (Wildman–Crippen LogP) is 5.33. The number of aromatic nitrogens is 1. The molecule has 1 aromatic carbocycles. The van der Waals surface area contributed by atoms with E-state index in [0.717, 1.165) is 43.8 Å². The minimum Gasteiger partial charge on any atom is -0.544 e. The molecule has 4 aromatic rings. The number of hydrogen-bond acceptors (Lipinski definition) is 8. The molecule has 0 spiro atoms. The Morgan fingerprint density at radius 1 is 0.972 bits per heavy atom. The third-order valence-electron chi connectivity index (χ3n) is 5.49. The second kappa shape index (κ2) is 10.4. The molecule has 1 aliphatic heterocycles. The third kappa shape index (κ3) is 4.98. The van der Waals surface area contributed by atoms with Gasteiger partial charge in [0.15, 0.2) is 0 Å². The summed E-state index contributed by atoms with van der Waals surface area (Å²) in [5.74, 6) is -1.47. The van der Waals surface area contributed by atoms with Crippen molar-refractivity contribution < 1.29 is 9.90 Å². The van der Waals surface area contributed by atoms with Crippen LogP contribution in [0.25, 0.3) is 26.3 Å². The fraction of sp³-hybridized carbons (Fsp3) is 0.0357. The summed E-state index contributed by atoms with van der Waals surface area (Å²) in [7, 11) is 0. The van der Waals surface area contributed by atoms with E-state index in [9.17, 15) is 9.90 Å². The van der Waals surface area contributed by atoms with E-state index < -0.39 is 5.97 Å². The lowest BCUT2D eigenvalue weighted by molar-refractivity contribution is -0.298. The molecule has 6 nitrogen and oxygen atoms in total. The molecule has 0 amide bonds. The largest absolute Gasteiger partial charge is 0.544 e. The molecule has 8 heteroatoms. The summed E-state index contributed by atoms with van der Waals surface area (Å²) in [6.07, 6.45) is 11.1. The average molecular weight is 508 g/mol. The van der Waals surface area contributed by atoms with E-state index >= 15 is 0 Å². The zero-order chi connectivity index (χ0) is 24.9. The number of nitrogens with zero attached hydrogens (tertiary/aromatic N) is 3. The highest BCUT2D eigenvalue weighted by Crippen LogP contribution is 2.39. The number of allylic oxidation sites excluding steroid dienone is 1. The summed E-state index contributed by atoms with van der Waals surface area (Å²) in [6.45, 7) is 0.773. The summed E-state index contributed by atoms with van der Waals surface area (Å²) >= 11 is 3.10. The van der Waals surface area contributed by atoms with Crippen LogP contribution in [0.1, 0.15) is 4.88 Å². The first-order chi connectivity index (χ1) is 17.6. The molecule has 1 N–H and O–H groups in total. The van der Waals surface area contributed by atoms with Crippen LogP contribution in [0.3, 0.4) is 0 Å². The zero-order valence-electron chi connectivity index (χ0n) is 18.9. The number of carboxylic acid groups (broad SMARTS) is 1. The van der Waals surface area contributed by atoms with Gasteiger partial charge in [-0.3, -0.25) is 4.98 Å². The Hall–Kier alpha value is -4.45. The lowest BCUT2D eigenvalue weighted by atomic mass is 10.1. The Morgan fingerprint density at radius 3 is 2.36 bits per heavy atom. The van der Waals surface area contributed by atoms with E-state index in [1.54, 1.807) is 29.8 Å². The number of anilines is 2. The maximum atomic E-state index is 11.0. The van der Waals surface area contributed by atoms with E-state index in [1.165, 1.54) is 17.4 Å².